The first-order chi connectivity index (χ1) is 21.8. The Balaban J connectivity index is 1.18. The van der Waals surface area contributed by atoms with Crippen LogP contribution in [0.2, 0.25) is 0 Å². The number of hydrogen-bond donors (Lipinski definition) is 3. The standard InChI is InChI=1S/C34H28N2O9S/c1-3-33(2)17-30(39)36(32(33)41)18-19-4-9-23(10-5-19)46(42,43)35-20-6-11-25-24(14-20)31(40)45-34(25)26-12-7-21(37)15-28(26)44-29-16-22(38)8-13-27(29)34/h4-16,35,37-38H,3,17-18H2,1-2H3. The number of imide groups is 1. The molecule has 1 spiro atoms. The molecular weight excluding hydrogens is 612 g/mol. The van der Waals surface area contributed by atoms with Gasteiger partial charge >= 0.3 is 5.97 Å². The zero-order valence-corrected chi connectivity index (χ0v) is 25.6. The van der Waals surface area contributed by atoms with Crippen LogP contribution in [0.5, 0.6) is 23.0 Å². The van der Waals surface area contributed by atoms with E-state index >= 15 is 0 Å². The summed E-state index contributed by atoms with van der Waals surface area (Å²) in [5, 5.41) is 20.2. The van der Waals surface area contributed by atoms with Gasteiger partial charge < -0.3 is 19.7 Å². The number of benzene rings is 4. The maximum absolute atomic E-state index is 13.4. The molecule has 1 unspecified atom stereocenters. The highest BCUT2D eigenvalue weighted by molar-refractivity contribution is 7.92. The Hall–Kier alpha value is -5.36. The summed E-state index contributed by atoms with van der Waals surface area (Å²) in [4.78, 5) is 39.8. The smallest absolute Gasteiger partial charge is 0.340 e. The minimum Gasteiger partial charge on any atom is -0.508 e. The van der Waals surface area contributed by atoms with Crippen LogP contribution < -0.4 is 9.46 Å². The van der Waals surface area contributed by atoms with Crippen molar-refractivity contribution < 1.29 is 42.5 Å². The molecule has 0 aromatic heterocycles. The average Bonchev–Trinajstić information content (AvgIpc) is 3.42. The van der Waals surface area contributed by atoms with E-state index in [0.29, 0.717) is 28.7 Å². The predicted octanol–water partition coefficient (Wildman–Crippen LogP) is 5.14. The van der Waals surface area contributed by atoms with Gasteiger partial charge in [0.05, 0.1) is 22.4 Å². The van der Waals surface area contributed by atoms with Crippen LogP contribution in [0.25, 0.3) is 0 Å². The zero-order chi connectivity index (χ0) is 32.6. The van der Waals surface area contributed by atoms with Gasteiger partial charge in [0.15, 0.2) is 5.60 Å². The highest BCUT2D eigenvalue weighted by Crippen LogP contribution is 2.57. The number of aromatic hydroxyl groups is 2. The number of likely N-dealkylation sites (tertiary alicyclic amines) is 1. The fraction of sp³-hybridized carbons (Fsp3) is 0.206. The van der Waals surface area contributed by atoms with Crippen molar-refractivity contribution in [2.45, 2.75) is 43.7 Å². The van der Waals surface area contributed by atoms with Crippen molar-refractivity contribution in [1.29, 1.82) is 0 Å². The SMILES string of the molecule is CCC1(C)CC(=O)N(Cc2ccc(S(=O)(=O)Nc3ccc4c(c3)C(=O)OC43c4ccc(O)cc4Oc4cc(O)ccc43)cc2)C1=O. The number of phenols is 2. The molecule has 7 rings (SSSR count). The number of nitrogens with zero attached hydrogens (tertiary/aromatic N) is 1. The second-order valence-corrected chi connectivity index (χ2v) is 13.6. The number of hydrogen-bond acceptors (Lipinski definition) is 9. The van der Waals surface area contributed by atoms with Gasteiger partial charge in [-0.25, -0.2) is 13.2 Å². The molecule has 4 aromatic rings. The largest absolute Gasteiger partial charge is 0.508 e. The van der Waals surface area contributed by atoms with Crippen molar-refractivity contribution in [2.24, 2.45) is 5.41 Å². The topological polar surface area (TPSA) is 160 Å². The number of rotatable bonds is 6. The number of fused-ring (bicyclic) bond motifs is 6. The highest BCUT2D eigenvalue weighted by atomic mass is 32.2. The number of ether oxygens (including phenoxy) is 2. The molecule has 3 N–H and O–H groups in total. The van der Waals surface area contributed by atoms with Crippen molar-refractivity contribution >= 4 is 33.5 Å². The van der Waals surface area contributed by atoms with Gasteiger partial charge in [-0.3, -0.25) is 19.2 Å². The summed E-state index contributed by atoms with van der Waals surface area (Å²) in [5.74, 6) is -0.886. The Morgan fingerprint density at radius 3 is 2.04 bits per heavy atom. The lowest BCUT2D eigenvalue weighted by molar-refractivity contribution is -0.141. The summed E-state index contributed by atoms with van der Waals surface area (Å²) in [5.41, 5.74) is -0.0436. The molecule has 12 heteroatoms. The molecule has 3 aliphatic rings. The molecule has 2 amide bonds. The molecule has 4 aromatic carbocycles. The van der Waals surface area contributed by atoms with E-state index in [1.165, 1.54) is 53.4 Å². The second-order valence-electron chi connectivity index (χ2n) is 11.9. The molecule has 0 bridgehead atoms. The number of sulfonamides is 1. The molecule has 1 fully saturated rings. The average molecular weight is 641 g/mol. The number of anilines is 1. The first-order valence-electron chi connectivity index (χ1n) is 14.5. The third-order valence-corrected chi connectivity index (χ3v) is 10.4. The van der Waals surface area contributed by atoms with Crippen molar-refractivity contribution in [2.75, 3.05) is 4.72 Å². The summed E-state index contributed by atoms with van der Waals surface area (Å²) in [6, 6.07) is 19.2. The number of phenolic OH excluding ortho intramolecular Hbond substituents is 2. The first kappa shape index (κ1) is 29.4. The zero-order valence-electron chi connectivity index (χ0n) is 24.7. The van der Waals surface area contributed by atoms with Crippen molar-refractivity contribution in [3.05, 3.63) is 107 Å². The van der Waals surface area contributed by atoms with Crippen LogP contribution in [0.15, 0.2) is 83.8 Å². The van der Waals surface area contributed by atoms with Gasteiger partial charge in [-0.15, -0.1) is 0 Å². The third-order valence-electron chi connectivity index (χ3n) is 8.98. The molecule has 11 nitrogen and oxygen atoms in total. The molecule has 1 saturated heterocycles. The molecule has 1 atom stereocenters. The highest BCUT2D eigenvalue weighted by Gasteiger charge is 2.54. The summed E-state index contributed by atoms with van der Waals surface area (Å²) in [6.45, 7) is 3.68. The molecule has 46 heavy (non-hydrogen) atoms. The fourth-order valence-corrected chi connectivity index (χ4v) is 7.37. The van der Waals surface area contributed by atoms with E-state index in [0.717, 1.165) is 0 Å². The number of carbonyl (C=O) groups is 3. The maximum Gasteiger partial charge on any atom is 0.340 e. The van der Waals surface area contributed by atoms with Crippen LogP contribution in [0.1, 0.15) is 59.3 Å². The Kier molecular flexibility index (Phi) is 6.43. The van der Waals surface area contributed by atoms with Gasteiger partial charge in [-0.05, 0) is 60.5 Å². The normalized spacial score (nSPS) is 19.3. The monoisotopic (exact) mass is 640 g/mol. The minimum atomic E-state index is -4.10. The van der Waals surface area contributed by atoms with Crippen LogP contribution in [0.4, 0.5) is 5.69 Å². The predicted molar refractivity (Wildman–Crippen MR) is 164 cm³/mol. The summed E-state index contributed by atoms with van der Waals surface area (Å²) in [6.07, 6.45) is 0.691. The van der Waals surface area contributed by atoms with E-state index in [-0.39, 0.29) is 63.9 Å². The van der Waals surface area contributed by atoms with Gasteiger partial charge in [0, 0.05) is 40.9 Å². The Morgan fingerprint density at radius 2 is 1.46 bits per heavy atom. The van der Waals surface area contributed by atoms with Crippen molar-refractivity contribution in [3.63, 3.8) is 0 Å². The lowest BCUT2D eigenvalue weighted by Crippen LogP contribution is -2.33. The van der Waals surface area contributed by atoms with E-state index in [2.05, 4.69) is 4.72 Å². The van der Waals surface area contributed by atoms with E-state index in [1.54, 1.807) is 37.3 Å². The van der Waals surface area contributed by atoms with Crippen LogP contribution in [-0.2, 0) is 36.5 Å². The Bertz CT molecular complexity index is 2040. The lowest BCUT2D eigenvalue weighted by Gasteiger charge is -2.36. The van der Waals surface area contributed by atoms with Crippen LogP contribution >= 0.6 is 0 Å². The molecule has 0 saturated carbocycles. The lowest BCUT2D eigenvalue weighted by atomic mass is 9.77. The van der Waals surface area contributed by atoms with Crippen molar-refractivity contribution in [3.8, 4) is 23.0 Å². The Morgan fingerprint density at radius 1 is 0.848 bits per heavy atom. The van der Waals surface area contributed by atoms with Gasteiger partial charge in [0.1, 0.15) is 23.0 Å². The molecule has 234 valence electrons. The van der Waals surface area contributed by atoms with E-state index in [4.69, 9.17) is 9.47 Å². The molecule has 0 aliphatic carbocycles. The van der Waals surface area contributed by atoms with E-state index in [1.807, 2.05) is 6.92 Å². The van der Waals surface area contributed by atoms with Crippen LogP contribution in [0, 0.1) is 5.41 Å². The number of nitrogens with one attached hydrogen (secondary N) is 1. The van der Waals surface area contributed by atoms with Gasteiger partial charge in [-0.1, -0.05) is 32.0 Å². The van der Waals surface area contributed by atoms with Gasteiger partial charge in [0.2, 0.25) is 11.8 Å². The van der Waals surface area contributed by atoms with Gasteiger partial charge in [0.25, 0.3) is 10.0 Å². The molecular formula is C34H28N2O9S. The Labute approximate surface area is 264 Å². The molecule has 3 aliphatic heterocycles. The fourth-order valence-electron chi connectivity index (χ4n) is 6.32. The van der Waals surface area contributed by atoms with Crippen molar-refractivity contribution in [1.82, 2.24) is 4.90 Å². The summed E-state index contributed by atoms with van der Waals surface area (Å²) in [7, 11) is -4.10. The molecule has 3 heterocycles. The number of esters is 1. The maximum atomic E-state index is 13.4. The third kappa shape index (κ3) is 4.39. The number of amides is 2. The minimum absolute atomic E-state index is 0.0478. The van der Waals surface area contributed by atoms with E-state index in [9.17, 15) is 33.0 Å². The van der Waals surface area contributed by atoms with Gasteiger partial charge in [-0.2, -0.15) is 0 Å². The van der Waals surface area contributed by atoms with E-state index < -0.39 is 27.0 Å². The first-order valence-corrected chi connectivity index (χ1v) is 16.0. The summed E-state index contributed by atoms with van der Waals surface area (Å²) >= 11 is 0. The molecule has 0 radical (unpaired) electrons. The van der Waals surface area contributed by atoms with Crippen LogP contribution in [-0.4, -0.2) is 41.3 Å². The number of carbonyl (C=O) groups excluding carboxylic acids is 3. The van der Waals surface area contributed by atoms with Crippen LogP contribution in [0.3, 0.4) is 0 Å². The second kappa shape index (κ2) is 10.1. The quantitative estimate of drug-likeness (QED) is 0.192. The summed E-state index contributed by atoms with van der Waals surface area (Å²) < 4.78 is 41.2.